The van der Waals surface area contributed by atoms with E-state index in [9.17, 15) is 9.59 Å². The highest BCUT2D eigenvalue weighted by Gasteiger charge is 2.14. The third-order valence-corrected chi connectivity index (χ3v) is 4.10. The first-order chi connectivity index (χ1) is 12.9. The first kappa shape index (κ1) is 20.5. The number of amides is 1. The van der Waals surface area contributed by atoms with Crippen LogP contribution in [0.15, 0.2) is 28.8 Å². The smallest absolute Gasteiger partial charge is 0.338 e. The summed E-state index contributed by atoms with van der Waals surface area (Å²) in [6, 6.07) is 6.69. The predicted molar refractivity (Wildman–Crippen MR) is 99.5 cm³/mol. The van der Waals surface area contributed by atoms with E-state index in [-0.39, 0.29) is 25.2 Å². The van der Waals surface area contributed by atoms with Crippen molar-refractivity contribution in [2.45, 2.75) is 53.2 Å². The fourth-order valence-corrected chi connectivity index (χ4v) is 2.61. The summed E-state index contributed by atoms with van der Waals surface area (Å²) in [6.07, 6.45) is 1.85. The van der Waals surface area contributed by atoms with E-state index in [4.69, 9.17) is 14.0 Å². The largest absolute Gasteiger partial charge is 0.489 e. The summed E-state index contributed by atoms with van der Waals surface area (Å²) >= 11 is 0. The average Bonchev–Trinajstić information content (AvgIpc) is 2.96. The molecule has 1 atom stereocenters. The zero-order chi connectivity index (χ0) is 19.8. The van der Waals surface area contributed by atoms with Gasteiger partial charge < -0.3 is 19.3 Å². The number of esters is 1. The minimum Gasteiger partial charge on any atom is -0.489 e. The van der Waals surface area contributed by atoms with E-state index in [0.29, 0.717) is 17.1 Å². The van der Waals surface area contributed by atoms with Crippen molar-refractivity contribution in [1.82, 2.24) is 10.5 Å². The van der Waals surface area contributed by atoms with Crippen LogP contribution < -0.4 is 10.1 Å². The Kier molecular flexibility index (Phi) is 7.40. The van der Waals surface area contributed by atoms with Crippen molar-refractivity contribution < 1.29 is 23.6 Å². The number of aromatic nitrogens is 1. The summed E-state index contributed by atoms with van der Waals surface area (Å²) in [4.78, 5) is 24.0. The number of hydrogen-bond donors (Lipinski definition) is 1. The number of carbonyl (C=O) groups is 2. The molecule has 1 amide bonds. The van der Waals surface area contributed by atoms with E-state index in [1.54, 1.807) is 24.3 Å². The summed E-state index contributed by atoms with van der Waals surface area (Å²) in [6.45, 7) is 7.61. The van der Waals surface area contributed by atoms with Gasteiger partial charge in [-0.15, -0.1) is 0 Å². The SMILES string of the molecule is CCC[C@H](C)NC(=O)COC(=O)c1cccc(OCc2c(C)noc2C)c1. The van der Waals surface area contributed by atoms with Gasteiger partial charge in [-0.2, -0.15) is 0 Å². The standard InChI is InChI=1S/C20H26N2O5/c1-5-7-13(2)21-19(23)12-26-20(24)16-8-6-9-17(10-16)25-11-18-14(3)22-27-15(18)4/h6,8-10,13H,5,7,11-12H2,1-4H3,(H,21,23)/t13-/m0/s1. The molecule has 0 aliphatic heterocycles. The van der Waals surface area contributed by atoms with Gasteiger partial charge in [0.2, 0.25) is 0 Å². The minimum absolute atomic E-state index is 0.0576. The molecule has 1 heterocycles. The van der Waals surface area contributed by atoms with E-state index in [1.807, 2.05) is 27.7 Å². The Bertz CT molecular complexity index is 765. The summed E-state index contributed by atoms with van der Waals surface area (Å²) in [7, 11) is 0. The van der Waals surface area contributed by atoms with Crippen LogP contribution >= 0.6 is 0 Å². The number of carbonyl (C=O) groups excluding carboxylic acids is 2. The summed E-state index contributed by atoms with van der Waals surface area (Å²) < 4.78 is 15.9. The molecule has 146 valence electrons. The Labute approximate surface area is 159 Å². The molecule has 1 aromatic carbocycles. The molecule has 0 unspecified atom stereocenters. The van der Waals surface area contributed by atoms with E-state index >= 15 is 0 Å². The summed E-state index contributed by atoms with van der Waals surface area (Å²) in [5.74, 6) is 0.336. The van der Waals surface area contributed by atoms with Crippen LogP contribution in [0, 0.1) is 13.8 Å². The van der Waals surface area contributed by atoms with Crippen LogP contribution in [0.2, 0.25) is 0 Å². The second-order valence-electron chi connectivity index (χ2n) is 6.45. The number of rotatable bonds is 9. The molecular formula is C20H26N2O5. The van der Waals surface area contributed by atoms with E-state index in [0.717, 1.165) is 24.1 Å². The maximum atomic E-state index is 12.2. The molecule has 0 saturated heterocycles. The predicted octanol–water partition coefficient (Wildman–Crippen LogP) is 3.33. The van der Waals surface area contributed by atoms with E-state index in [1.165, 1.54) is 0 Å². The number of nitrogens with zero attached hydrogens (tertiary/aromatic N) is 1. The molecule has 1 N–H and O–H groups in total. The van der Waals surface area contributed by atoms with E-state index < -0.39 is 5.97 Å². The number of aryl methyl sites for hydroxylation is 2. The van der Waals surface area contributed by atoms with Gasteiger partial charge in [-0.25, -0.2) is 4.79 Å². The average molecular weight is 374 g/mol. The van der Waals surface area contributed by atoms with Crippen LogP contribution in [0.5, 0.6) is 5.75 Å². The Morgan fingerprint density at radius 2 is 2.07 bits per heavy atom. The number of hydrogen-bond acceptors (Lipinski definition) is 6. The quantitative estimate of drug-likeness (QED) is 0.677. The van der Waals surface area contributed by atoms with Crippen molar-refractivity contribution in [2.75, 3.05) is 6.61 Å². The molecule has 7 heteroatoms. The number of ether oxygens (including phenoxy) is 2. The Balaban J connectivity index is 1.88. The monoisotopic (exact) mass is 374 g/mol. The molecule has 0 aliphatic carbocycles. The van der Waals surface area contributed by atoms with Crippen molar-refractivity contribution in [3.05, 3.63) is 46.8 Å². The second-order valence-corrected chi connectivity index (χ2v) is 6.45. The van der Waals surface area contributed by atoms with Crippen LogP contribution in [0.1, 0.15) is 54.1 Å². The molecule has 0 radical (unpaired) electrons. The third-order valence-electron chi connectivity index (χ3n) is 4.10. The maximum Gasteiger partial charge on any atom is 0.338 e. The third kappa shape index (κ3) is 6.13. The molecule has 1 aromatic heterocycles. The van der Waals surface area contributed by atoms with Gasteiger partial charge in [0.25, 0.3) is 5.91 Å². The molecule has 2 rings (SSSR count). The zero-order valence-corrected chi connectivity index (χ0v) is 16.2. The van der Waals surface area contributed by atoms with E-state index in [2.05, 4.69) is 10.5 Å². The van der Waals surface area contributed by atoms with Crippen molar-refractivity contribution in [2.24, 2.45) is 0 Å². The number of nitrogens with one attached hydrogen (secondary N) is 1. The van der Waals surface area contributed by atoms with Gasteiger partial charge in [-0.3, -0.25) is 4.79 Å². The Morgan fingerprint density at radius 3 is 2.74 bits per heavy atom. The van der Waals surface area contributed by atoms with Gasteiger partial charge in [0.15, 0.2) is 6.61 Å². The molecule has 0 saturated carbocycles. The molecule has 0 aliphatic rings. The van der Waals surface area contributed by atoms with Gasteiger partial charge in [0.05, 0.1) is 16.8 Å². The van der Waals surface area contributed by atoms with Gasteiger partial charge in [-0.05, 0) is 45.4 Å². The maximum absolute atomic E-state index is 12.2. The topological polar surface area (TPSA) is 90.7 Å². The summed E-state index contributed by atoms with van der Waals surface area (Å²) in [5, 5.41) is 6.67. The zero-order valence-electron chi connectivity index (χ0n) is 16.2. The molecule has 7 nitrogen and oxygen atoms in total. The van der Waals surface area contributed by atoms with Crippen LogP contribution in [0.3, 0.4) is 0 Å². The Morgan fingerprint density at radius 1 is 1.30 bits per heavy atom. The highest BCUT2D eigenvalue weighted by atomic mass is 16.5. The fraction of sp³-hybridized carbons (Fsp3) is 0.450. The van der Waals surface area contributed by atoms with Crippen LogP contribution in [0.4, 0.5) is 0 Å². The van der Waals surface area contributed by atoms with Gasteiger partial charge >= 0.3 is 5.97 Å². The first-order valence-corrected chi connectivity index (χ1v) is 9.01. The lowest BCUT2D eigenvalue weighted by Crippen LogP contribution is -2.35. The van der Waals surface area contributed by atoms with Crippen molar-refractivity contribution in [3.8, 4) is 5.75 Å². The molecule has 0 fully saturated rings. The molecular weight excluding hydrogens is 348 g/mol. The lowest BCUT2D eigenvalue weighted by molar-refractivity contribution is -0.124. The normalized spacial score (nSPS) is 11.7. The Hall–Kier alpha value is -2.83. The van der Waals surface area contributed by atoms with Crippen molar-refractivity contribution >= 4 is 11.9 Å². The van der Waals surface area contributed by atoms with Crippen molar-refractivity contribution in [1.29, 1.82) is 0 Å². The molecule has 0 bridgehead atoms. The summed E-state index contributed by atoms with van der Waals surface area (Å²) in [5.41, 5.74) is 1.97. The minimum atomic E-state index is -0.573. The molecule has 27 heavy (non-hydrogen) atoms. The van der Waals surface area contributed by atoms with Crippen LogP contribution in [-0.4, -0.2) is 29.7 Å². The highest BCUT2D eigenvalue weighted by Crippen LogP contribution is 2.19. The highest BCUT2D eigenvalue weighted by molar-refractivity contribution is 5.91. The van der Waals surface area contributed by atoms with Crippen molar-refractivity contribution in [3.63, 3.8) is 0 Å². The van der Waals surface area contributed by atoms with Gasteiger partial charge in [0.1, 0.15) is 18.1 Å². The molecule has 2 aromatic rings. The van der Waals surface area contributed by atoms with Crippen LogP contribution in [-0.2, 0) is 16.1 Å². The first-order valence-electron chi connectivity index (χ1n) is 9.01. The van der Waals surface area contributed by atoms with Crippen LogP contribution in [0.25, 0.3) is 0 Å². The lowest BCUT2D eigenvalue weighted by Gasteiger charge is -2.13. The lowest BCUT2D eigenvalue weighted by atomic mass is 10.2. The fourth-order valence-electron chi connectivity index (χ4n) is 2.61. The van der Waals surface area contributed by atoms with Gasteiger partial charge in [0, 0.05) is 6.04 Å². The van der Waals surface area contributed by atoms with Gasteiger partial charge in [-0.1, -0.05) is 24.6 Å². The number of benzene rings is 1. The molecule has 0 spiro atoms. The second kappa shape index (κ2) is 9.75.